The van der Waals surface area contributed by atoms with E-state index in [9.17, 15) is 13.6 Å². The molecule has 1 aliphatic rings. The minimum Gasteiger partial charge on any atom is -0.491 e. The van der Waals surface area contributed by atoms with E-state index in [0.717, 1.165) is 18.2 Å². The minimum absolute atomic E-state index is 0.0647. The first kappa shape index (κ1) is 12.8. The Bertz CT molecular complexity index is 429. The van der Waals surface area contributed by atoms with Gasteiger partial charge in [-0.05, 0) is 12.8 Å². The fourth-order valence-corrected chi connectivity index (χ4v) is 1.81. The van der Waals surface area contributed by atoms with Crippen LogP contribution in [0.25, 0.3) is 0 Å². The van der Waals surface area contributed by atoms with E-state index < -0.39 is 23.7 Å². The summed E-state index contributed by atoms with van der Waals surface area (Å²) in [5, 5.41) is 8.72. The van der Waals surface area contributed by atoms with Crippen molar-refractivity contribution in [3.63, 3.8) is 0 Å². The summed E-state index contributed by atoms with van der Waals surface area (Å²) in [4.78, 5) is 10.6. The highest BCUT2D eigenvalue weighted by Gasteiger charge is 2.30. The number of benzene rings is 1. The van der Waals surface area contributed by atoms with E-state index in [-0.39, 0.29) is 18.5 Å². The predicted octanol–water partition coefficient (Wildman–Crippen LogP) is 1.98. The first-order valence-corrected chi connectivity index (χ1v) is 5.52. The van der Waals surface area contributed by atoms with Crippen molar-refractivity contribution in [3.8, 4) is 5.75 Å². The SMILES string of the molecule is O=C(O)C1CCC(COc2cc(F)cc(F)c2)O1. The fourth-order valence-electron chi connectivity index (χ4n) is 1.81. The topological polar surface area (TPSA) is 55.8 Å². The molecule has 0 aromatic heterocycles. The molecule has 1 aromatic carbocycles. The molecule has 0 bridgehead atoms. The lowest BCUT2D eigenvalue weighted by Crippen LogP contribution is -2.23. The number of rotatable bonds is 4. The maximum atomic E-state index is 12.9. The van der Waals surface area contributed by atoms with Gasteiger partial charge in [0.2, 0.25) is 0 Å². The Kier molecular flexibility index (Phi) is 3.76. The van der Waals surface area contributed by atoms with Gasteiger partial charge in [-0.2, -0.15) is 0 Å². The zero-order valence-electron chi connectivity index (χ0n) is 9.44. The average Bonchev–Trinajstić information content (AvgIpc) is 2.73. The summed E-state index contributed by atoms with van der Waals surface area (Å²) in [6.07, 6.45) is -0.212. The van der Waals surface area contributed by atoms with Crippen LogP contribution in [0.3, 0.4) is 0 Å². The summed E-state index contributed by atoms with van der Waals surface area (Å²) in [6.45, 7) is 0.0761. The molecule has 0 amide bonds. The van der Waals surface area contributed by atoms with Crippen LogP contribution in [0.2, 0.25) is 0 Å². The van der Waals surface area contributed by atoms with Crippen LogP contribution < -0.4 is 4.74 Å². The normalized spacial score (nSPS) is 23.0. The van der Waals surface area contributed by atoms with E-state index in [0.29, 0.717) is 12.8 Å². The molecular formula is C12H12F2O4. The molecule has 1 aromatic rings. The van der Waals surface area contributed by atoms with Crippen molar-refractivity contribution in [1.82, 2.24) is 0 Å². The predicted molar refractivity (Wildman–Crippen MR) is 57.4 cm³/mol. The zero-order valence-corrected chi connectivity index (χ0v) is 9.44. The van der Waals surface area contributed by atoms with Gasteiger partial charge in [-0.15, -0.1) is 0 Å². The lowest BCUT2D eigenvalue weighted by molar-refractivity contribution is -0.149. The van der Waals surface area contributed by atoms with Crippen molar-refractivity contribution in [2.75, 3.05) is 6.61 Å². The molecule has 6 heteroatoms. The Labute approximate surface area is 102 Å². The van der Waals surface area contributed by atoms with Crippen molar-refractivity contribution < 1.29 is 28.2 Å². The van der Waals surface area contributed by atoms with Crippen LogP contribution in [0.1, 0.15) is 12.8 Å². The molecule has 0 radical (unpaired) electrons. The Morgan fingerprint density at radius 3 is 2.56 bits per heavy atom. The number of hydrogen-bond acceptors (Lipinski definition) is 3. The quantitative estimate of drug-likeness (QED) is 0.897. The Morgan fingerprint density at radius 1 is 1.33 bits per heavy atom. The molecule has 2 unspecified atom stereocenters. The molecule has 1 aliphatic heterocycles. The molecule has 4 nitrogen and oxygen atoms in total. The lowest BCUT2D eigenvalue weighted by atomic mass is 10.2. The summed E-state index contributed by atoms with van der Waals surface area (Å²) < 4.78 is 36.1. The second-order valence-corrected chi connectivity index (χ2v) is 4.08. The van der Waals surface area contributed by atoms with E-state index in [1.165, 1.54) is 0 Å². The van der Waals surface area contributed by atoms with Crippen LogP contribution in [-0.2, 0) is 9.53 Å². The van der Waals surface area contributed by atoms with Gasteiger partial charge in [-0.25, -0.2) is 13.6 Å². The monoisotopic (exact) mass is 258 g/mol. The third-order valence-electron chi connectivity index (χ3n) is 2.65. The number of carbonyl (C=O) groups is 1. The van der Waals surface area contributed by atoms with Gasteiger partial charge in [0, 0.05) is 18.2 Å². The van der Waals surface area contributed by atoms with Gasteiger partial charge in [0.25, 0.3) is 0 Å². The largest absolute Gasteiger partial charge is 0.491 e. The highest BCUT2D eigenvalue weighted by Crippen LogP contribution is 2.22. The van der Waals surface area contributed by atoms with Crippen molar-refractivity contribution in [2.45, 2.75) is 25.0 Å². The smallest absolute Gasteiger partial charge is 0.332 e. The highest BCUT2D eigenvalue weighted by molar-refractivity contribution is 5.72. The van der Waals surface area contributed by atoms with Crippen LogP contribution in [-0.4, -0.2) is 29.9 Å². The summed E-state index contributed by atoms with van der Waals surface area (Å²) >= 11 is 0. The molecule has 1 saturated heterocycles. The average molecular weight is 258 g/mol. The second-order valence-electron chi connectivity index (χ2n) is 4.08. The maximum absolute atomic E-state index is 12.9. The van der Waals surface area contributed by atoms with Crippen molar-refractivity contribution in [3.05, 3.63) is 29.8 Å². The third-order valence-corrected chi connectivity index (χ3v) is 2.65. The van der Waals surface area contributed by atoms with Gasteiger partial charge >= 0.3 is 5.97 Å². The first-order chi connectivity index (χ1) is 8.54. The number of carboxylic acid groups (broad SMARTS) is 1. The number of ether oxygens (including phenoxy) is 2. The van der Waals surface area contributed by atoms with E-state index in [2.05, 4.69) is 0 Å². The van der Waals surface area contributed by atoms with Crippen molar-refractivity contribution in [1.29, 1.82) is 0 Å². The minimum atomic E-state index is -1.01. The van der Waals surface area contributed by atoms with Gasteiger partial charge in [-0.1, -0.05) is 0 Å². The Balaban J connectivity index is 1.87. The molecule has 1 heterocycles. The third kappa shape index (κ3) is 3.16. The Hall–Kier alpha value is -1.69. The number of carboxylic acids is 1. The van der Waals surface area contributed by atoms with Gasteiger partial charge in [-0.3, -0.25) is 0 Å². The summed E-state index contributed by atoms with van der Waals surface area (Å²) in [5.41, 5.74) is 0. The van der Waals surface area contributed by atoms with E-state index >= 15 is 0 Å². The molecular weight excluding hydrogens is 246 g/mol. The molecule has 0 spiro atoms. The summed E-state index contributed by atoms with van der Waals surface area (Å²) in [5.74, 6) is -2.38. The van der Waals surface area contributed by atoms with E-state index in [1.807, 2.05) is 0 Å². The fraction of sp³-hybridized carbons (Fsp3) is 0.417. The van der Waals surface area contributed by atoms with Gasteiger partial charge in [0.05, 0.1) is 6.10 Å². The maximum Gasteiger partial charge on any atom is 0.332 e. The number of halogens is 2. The molecule has 0 aliphatic carbocycles. The summed E-state index contributed by atoms with van der Waals surface area (Å²) in [6, 6.07) is 2.87. The highest BCUT2D eigenvalue weighted by atomic mass is 19.1. The molecule has 2 rings (SSSR count). The standard InChI is InChI=1S/C12H12F2O4/c13-7-3-8(14)5-10(4-7)17-6-9-1-2-11(18-9)12(15)16/h3-5,9,11H,1-2,6H2,(H,15,16). The molecule has 1 N–H and O–H groups in total. The molecule has 1 fully saturated rings. The van der Waals surface area contributed by atoms with Crippen LogP contribution in [0.4, 0.5) is 8.78 Å². The number of hydrogen-bond donors (Lipinski definition) is 1. The lowest BCUT2D eigenvalue weighted by Gasteiger charge is -2.12. The van der Waals surface area contributed by atoms with Crippen LogP contribution >= 0.6 is 0 Å². The second kappa shape index (κ2) is 5.30. The van der Waals surface area contributed by atoms with Crippen LogP contribution in [0, 0.1) is 11.6 Å². The molecule has 2 atom stereocenters. The van der Waals surface area contributed by atoms with Gasteiger partial charge < -0.3 is 14.6 Å². The van der Waals surface area contributed by atoms with Gasteiger partial charge in [0.15, 0.2) is 6.10 Å². The Morgan fingerprint density at radius 2 is 2.00 bits per heavy atom. The van der Waals surface area contributed by atoms with E-state index in [1.54, 1.807) is 0 Å². The van der Waals surface area contributed by atoms with E-state index in [4.69, 9.17) is 14.6 Å². The molecule has 0 saturated carbocycles. The number of aliphatic carboxylic acids is 1. The first-order valence-electron chi connectivity index (χ1n) is 5.52. The molecule has 18 heavy (non-hydrogen) atoms. The van der Waals surface area contributed by atoms with Crippen LogP contribution in [0.15, 0.2) is 18.2 Å². The van der Waals surface area contributed by atoms with Crippen molar-refractivity contribution in [2.24, 2.45) is 0 Å². The molecule has 98 valence electrons. The van der Waals surface area contributed by atoms with Crippen LogP contribution in [0.5, 0.6) is 5.75 Å². The zero-order chi connectivity index (χ0) is 13.1. The van der Waals surface area contributed by atoms with Gasteiger partial charge in [0.1, 0.15) is 24.0 Å². The summed E-state index contributed by atoms with van der Waals surface area (Å²) in [7, 11) is 0. The van der Waals surface area contributed by atoms with Crippen molar-refractivity contribution >= 4 is 5.97 Å².